The molecule has 150 valence electrons. The normalized spacial score (nSPS) is 10.6. The van der Waals surface area contributed by atoms with E-state index < -0.39 is 11.7 Å². The molecule has 4 rings (SSSR count). The SMILES string of the molecule is Cc1c(C(=O)Nc2c(F)cccc2Oc2ccccc2)cnn1Cc1ccccc1. The van der Waals surface area contributed by atoms with E-state index in [4.69, 9.17) is 4.74 Å². The number of aromatic nitrogens is 2. The van der Waals surface area contributed by atoms with Crippen LogP contribution in [0.25, 0.3) is 0 Å². The van der Waals surface area contributed by atoms with E-state index in [-0.39, 0.29) is 11.4 Å². The lowest BCUT2D eigenvalue weighted by atomic mass is 10.2. The largest absolute Gasteiger partial charge is 0.455 e. The number of nitrogens with zero attached hydrogens (tertiary/aromatic N) is 2. The summed E-state index contributed by atoms with van der Waals surface area (Å²) in [5, 5.41) is 6.96. The summed E-state index contributed by atoms with van der Waals surface area (Å²) in [5.74, 6) is -0.254. The average Bonchev–Trinajstić information content (AvgIpc) is 3.12. The molecule has 1 amide bonds. The first kappa shape index (κ1) is 19.4. The third-order valence-corrected chi connectivity index (χ3v) is 4.71. The van der Waals surface area contributed by atoms with E-state index in [1.807, 2.05) is 55.5 Å². The van der Waals surface area contributed by atoms with Crippen LogP contribution >= 0.6 is 0 Å². The van der Waals surface area contributed by atoms with E-state index in [2.05, 4.69) is 10.4 Å². The van der Waals surface area contributed by atoms with Crippen LogP contribution in [-0.4, -0.2) is 15.7 Å². The minimum Gasteiger partial charge on any atom is -0.455 e. The predicted octanol–water partition coefficient (Wildman–Crippen LogP) is 5.42. The number of carbonyl (C=O) groups is 1. The molecule has 0 bridgehead atoms. The molecule has 0 aliphatic rings. The molecular formula is C24H20FN3O2. The maximum Gasteiger partial charge on any atom is 0.259 e. The Kier molecular flexibility index (Phi) is 5.57. The lowest BCUT2D eigenvalue weighted by Crippen LogP contribution is -2.15. The number of ether oxygens (including phenoxy) is 1. The van der Waals surface area contributed by atoms with E-state index in [1.54, 1.807) is 22.9 Å². The molecule has 3 aromatic carbocycles. The van der Waals surface area contributed by atoms with Gasteiger partial charge >= 0.3 is 0 Å². The summed E-state index contributed by atoms with van der Waals surface area (Å²) in [4.78, 5) is 12.9. The zero-order valence-electron chi connectivity index (χ0n) is 16.4. The topological polar surface area (TPSA) is 56.1 Å². The van der Waals surface area contributed by atoms with Crippen molar-refractivity contribution in [3.05, 3.63) is 108 Å². The second kappa shape index (κ2) is 8.61. The van der Waals surface area contributed by atoms with Crippen LogP contribution in [0.15, 0.2) is 85.1 Å². The van der Waals surface area contributed by atoms with Crippen LogP contribution in [-0.2, 0) is 6.54 Å². The van der Waals surface area contributed by atoms with Crippen molar-refractivity contribution in [2.24, 2.45) is 0 Å². The number of hydrogen-bond acceptors (Lipinski definition) is 3. The molecular weight excluding hydrogens is 381 g/mol. The van der Waals surface area contributed by atoms with Crippen molar-refractivity contribution in [3.63, 3.8) is 0 Å². The first-order valence-corrected chi connectivity index (χ1v) is 9.51. The average molecular weight is 401 g/mol. The quantitative estimate of drug-likeness (QED) is 0.469. The van der Waals surface area contributed by atoms with Crippen LogP contribution in [0.1, 0.15) is 21.6 Å². The molecule has 0 saturated heterocycles. The molecule has 0 aliphatic carbocycles. The highest BCUT2D eigenvalue weighted by atomic mass is 19.1. The number of benzene rings is 3. The summed E-state index contributed by atoms with van der Waals surface area (Å²) >= 11 is 0. The second-order valence-corrected chi connectivity index (χ2v) is 6.77. The fourth-order valence-electron chi connectivity index (χ4n) is 3.09. The summed E-state index contributed by atoms with van der Waals surface area (Å²) in [7, 11) is 0. The molecule has 0 atom stereocenters. The molecule has 0 unspecified atom stereocenters. The molecule has 0 aliphatic heterocycles. The molecule has 0 radical (unpaired) electrons. The lowest BCUT2D eigenvalue weighted by Gasteiger charge is -2.13. The monoisotopic (exact) mass is 401 g/mol. The summed E-state index contributed by atoms with van der Waals surface area (Å²) in [6.45, 7) is 2.36. The zero-order valence-corrected chi connectivity index (χ0v) is 16.4. The molecule has 30 heavy (non-hydrogen) atoms. The van der Waals surface area contributed by atoms with Gasteiger partial charge in [-0.3, -0.25) is 9.48 Å². The van der Waals surface area contributed by atoms with Crippen molar-refractivity contribution in [3.8, 4) is 11.5 Å². The third kappa shape index (κ3) is 4.22. The number of para-hydroxylation sites is 2. The van der Waals surface area contributed by atoms with Crippen LogP contribution in [0.4, 0.5) is 10.1 Å². The van der Waals surface area contributed by atoms with Gasteiger partial charge in [-0.2, -0.15) is 5.10 Å². The number of rotatable bonds is 6. The lowest BCUT2D eigenvalue weighted by molar-refractivity contribution is 0.102. The van der Waals surface area contributed by atoms with Gasteiger partial charge in [0.2, 0.25) is 0 Å². The maximum absolute atomic E-state index is 14.5. The Morgan fingerprint density at radius 3 is 2.43 bits per heavy atom. The number of carbonyl (C=O) groups excluding carboxylic acids is 1. The summed E-state index contributed by atoms with van der Waals surface area (Å²) in [6.07, 6.45) is 1.49. The zero-order chi connectivity index (χ0) is 20.9. The van der Waals surface area contributed by atoms with Crippen molar-refractivity contribution < 1.29 is 13.9 Å². The first-order valence-electron chi connectivity index (χ1n) is 9.51. The van der Waals surface area contributed by atoms with E-state index in [1.165, 1.54) is 18.3 Å². The van der Waals surface area contributed by atoms with Gasteiger partial charge in [-0.1, -0.05) is 54.6 Å². The van der Waals surface area contributed by atoms with E-state index in [0.29, 0.717) is 23.6 Å². The highest BCUT2D eigenvalue weighted by molar-refractivity contribution is 6.05. The van der Waals surface area contributed by atoms with Crippen molar-refractivity contribution in [1.29, 1.82) is 0 Å². The van der Waals surface area contributed by atoms with Crippen molar-refractivity contribution in [2.75, 3.05) is 5.32 Å². The molecule has 5 nitrogen and oxygen atoms in total. The van der Waals surface area contributed by atoms with Crippen molar-refractivity contribution in [2.45, 2.75) is 13.5 Å². The molecule has 0 fully saturated rings. The van der Waals surface area contributed by atoms with Gasteiger partial charge in [0, 0.05) is 5.69 Å². The Bertz CT molecular complexity index is 1160. The fourth-order valence-corrected chi connectivity index (χ4v) is 3.09. The third-order valence-electron chi connectivity index (χ3n) is 4.71. The van der Waals surface area contributed by atoms with E-state index in [0.717, 1.165) is 5.56 Å². The van der Waals surface area contributed by atoms with Gasteiger partial charge in [-0.25, -0.2) is 4.39 Å². The van der Waals surface area contributed by atoms with Gasteiger partial charge in [-0.05, 0) is 36.8 Å². The highest BCUT2D eigenvalue weighted by Gasteiger charge is 2.19. The molecule has 1 heterocycles. The van der Waals surface area contributed by atoms with E-state index >= 15 is 0 Å². The smallest absolute Gasteiger partial charge is 0.259 e. The minimum atomic E-state index is -0.578. The molecule has 1 N–H and O–H groups in total. The molecule has 6 heteroatoms. The van der Waals surface area contributed by atoms with Gasteiger partial charge in [0.1, 0.15) is 11.4 Å². The Morgan fingerprint density at radius 2 is 1.70 bits per heavy atom. The molecule has 4 aromatic rings. The number of nitrogens with one attached hydrogen (secondary N) is 1. The van der Waals surface area contributed by atoms with Gasteiger partial charge < -0.3 is 10.1 Å². The fraction of sp³-hybridized carbons (Fsp3) is 0.0833. The molecule has 0 spiro atoms. The predicted molar refractivity (Wildman–Crippen MR) is 113 cm³/mol. The number of anilines is 1. The Morgan fingerprint density at radius 1 is 1.00 bits per heavy atom. The number of hydrogen-bond donors (Lipinski definition) is 1. The van der Waals surface area contributed by atoms with Crippen LogP contribution in [0.3, 0.4) is 0 Å². The minimum absolute atomic E-state index is 0.0124. The maximum atomic E-state index is 14.5. The van der Waals surface area contributed by atoms with Crippen LogP contribution in [0.2, 0.25) is 0 Å². The van der Waals surface area contributed by atoms with Gasteiger partial charge in [0.15, 0.2) is 11.6 Å². The summed E-state index contributed by atoms with van der Waals surface area (Å²) < 4.78 is 22.0. The Hall–Kier alpha value is -3.93. The van der Waals surface area contributed by atoms with Crippen LogP contribution < -0.4 is 10.1 Å². The van der Waals surface area contributed by atoms with Gasteiger partial charge in [0.05, 0.1) is 18.3 Å². The van der Waals surface area contributed by atoms with Crippen molar-refractivity contribution >= 4 is 11.6 Å². The summed E-state index contributed by atoms with van der Waals surface area (Å²) in [6, 6.07) is 23.3. The van der Waals surface area contributed by atoms with Crippen molar-refractivity contribution in [1.82, 2.24) is 9.78 Å². The number of amides is 1. The molecule has 1 aromatic heterocycles. The Balaban J connectivity index is 1.56. The first-order chi connectivity index (χ1) is 14.6. The number of halogens is 1. The second-order valence-electron chi connectivity index (χ2n) is 6.77. The van der Waals surface area contributed by atoms with Gasteiger partial charge in [0.25, 0.3) is 5.91 Å². The molecule has 0 saturated carbocycles. The highest BCUT2D eigenvalue weighted by Crippen LogP contribution is 2.32. The van der Waals surface area contributed by atoms with Crippen LogP contribution in [0.5, 0.6) is 11.5 Å². The standard InChI is InChI=1S/C24H20FN3O2/c1-17-20(15-26-28(17)16-18-9-4-2-5-10-18)24(29)27-23-21(25)13-8-14-22(23)30-19-11-6-3-7-12-19/h2-15H,16H2,1H3,(H,27,29). The van der Waals surface area contributed by atoms with E-state index in [9.17, 15) is 9.18 Å². The summed E-state index contributed by atoms with van der Waals surface area (Å²) in [5.41, 5.74) is 2.13. The van der Waals surface area contributed by atoms with Crippen LogP contribution in [0, 0.1) is 12.7 Å². The Labute approximate surface area is 173 Å². The van der Waals surface area contributed by atoms with Gasteiger partial charge in [-0.15, -0.1) is 0 Å².